The SMILES string of the molecule is CCCCCCCC/C=C\CCCCCCCC(=O)NCC(NC(=O)CCCCCCC/C=C\CCCCCCCC)C(=O)C(C)(C)C.CCCCCCCC/C=C\CCCCCCCC(=O)NCC(NC(=O)CCCCCCC/C=C\CCCCCCCC)C(=O)NCCCCC(NC(=O)C(CNC(=O)CCCCCCC/C=C\CCCCCCCC)NC(=O)CCCCCCC/C=C\CCCCCCCC)C(=O)C(C)(C)C. The third kappa shape index (κ3) is 104. The highest BCUT2D eigenvalue weighted by molar-refractivity contribution is 5.96. The van der Waals surface area contributed by atoms with Crippen molar-refractivity contribution in [1.82, 2.24) is 42.5 Å². The van der Waals surface area contributed by atoms with E-state index >= 15 is 0 Å². The quantitative estimate of drug-likeness (QED) is 0.0211. The van der Waals surface area contributed by atoms with Crippen LogP contribution in [0.25, 0.3) is 0 Å². The summed E-state index contributed by atoms with van der Waals surface area (Å²) in [6.07, 6.45) is 124. The molecule has 149 heavy (non-hydrogen) atoms. The van der Waals surface area contributed by atoms with E-state index < -0.39 is 40.9 Å². The first-order valence-corrected chi connectivity index (χ1v) is 63.7. The van der Waals surface area contributed by atoms with Gasteiger partial charge in [0.05, 0.1) is 6.04 Å². The van der Waals surface area contributed by atoms with Crippen molar-refractivity contribution in [1.29, 1.82) is 0 Å². The van der Waals surface area contributed by atoms with Crippen LogP contribution in [0.4, 0.5) is 0 Å². The molecule has 0 rings (SSSR count). The van der Waals surface area contributed by atoms with Gasteiger partial charge >= 0.3 is 0 Å². The molecule has 0 radical (unpaired) electrons. The number of nitrogens with one attached hydrogen (secondary N) is 8. The lowest BCUT2D eigenvalue weighted by Crippen LogP contribution is -2.56. The Morgan fingerprint density at radius 1 is 0.174 bits per heavy atom. The van der Waals surface area contributed by atoms with Gasteiger partial charge in [-0.3, -0.25) is 47.9 Å². The summed E-state index contributed by atoms with van der Waals surface area (Å²) in [7, 11) is 0. The van der Waals surface area contributed by atoms with Gasteiger partial charge < -0.3 is 42.5 Å². The van der Waals surface area contributed by atoms with Crippen molar-refractivity contribution in [3.63, 3.8) is 0 Å². The maximum atomic E-state index is 14.3. The molecule has 0 bridgehead atoms. The number of Topliss-reactive ketones (excluding diaryl/α,β-unsaturated/α-hetero) is 2. The minimum atomic E-state index is -1.08. The van der Waals surface area contributed by atoms with Crippen LogP contribution in [0, 0.1) is 10.8 Å². The van der Waals surface area contributed by atoms with Crippen molar-refractivity contribution in [2.24, 2.45) is 10.8 Å². The average molecular weight is 2090 g/mol. The van der Waals surface area contributed by atoms with E-state index in [1.54, 1.807) is 0 Å². The summed E-state index contributed by atoms with van der Waals surface area (Å²) in [5, 5.41) is 23.6. The average Bonchev–Trinajstić information content (AvgIpc) is 0.840. The van der Waals surface area contributed by atoms with Crippen LogP contribution in [0.5, 0.6) is 0 Å². The van der Waals surface area contributed by atoms with Gasteiger partial charge in [-0.05, 0) is 212 Å². The summed E-state index contributed by atoms with van der Waals surface area (Å²) >= 11 is 0. The molecule has 8 N–H and O–H groups in total. The lowest BCUT2D eigenvalue weighted by atomic mass is 9.84. The van der Waals surface area contributed by atoms with Crippen LogP contribution >= 0.6 is 0 Å². The number of unbranched alkanes of at least 4 members (excludes halogenated alkanes) is 67. The zero-order valence-corrected chi connectivity index (χ0v) is 99.7. The lowest BCUT2D eigenvalue weighted by Gasteiger charge is -2.28. The molecule has 18 nitrogen and oxygen atoms in total. The first-order chi connectivity index (χ1) is 72.4. The Morgan fingerprint density at radius 3 is 0.564 bits per heavy atom. The molecule has 0 saturated heterocycles. The van der Waals surface area contributed by atoms with E-state index in [9.17, 15) is 47.9 Å². The first kappa shape index (κ1) is 145. The molecule has 18 heteroatoms. The summed E-state index contributed by atoms with van der Waals surface area (Å²) in [6, 6.07) is -3.59. The Labute approximate surface area is 919 Å². The molecule has 8 amide bonds. The third-order valence-corrected chi connectivity index (χ3v) is 28.8. The van der Waals surface area contributed by atoms with Crippen LogP contribution < -0.4 is 42.5 Å². The standard InChI is InChI=1S/C88H162N6O7.C43H80N2O3/c1-8-12-16-20-24-28-32-36-40-44-48-52-56-60-64-71-81(95)90-76-79(92-83(97)73-66-62-58-54-50-46-42-38-34-30-26-22-18-14-10-3)86(100)89-75-69-68-70-78(85(99)88(5,6)7)94-87(101)80(93-84(98)74-67-63-59-55-51-47-43-39-35-31-27-23-19-15-11-4)77-91-82(96)72-65-61-57-53-49-45-41-37-33-29-25-21-17-13-9-2;1-6-8-10-12-14-16-18-20-22-24-26-28-30-32-34-36-40(46)44-38-39(42(48)43(3,4)5)45-41(47)37-35-33-31-29-27-25-23-21-19-17-15-13-11-9-7-2/h36-43,78-80H,8-35,44-77H2,1-7H3,(H,89,100)(H,90,95)(H,91,96)(H,92,97)(H,93,98)(H,94,101);20-23,39H,6-19,24-38H2,1-5H3,(H,44,46)(H,45,47)/b40-36-,41-37-,42-38-,43-39-;22-20-,23-21-. The predicted molar refractivity (Wildman–Crippen MR) is 639 cm³/mol. The summed E-state index contributed by atoms with van der Waals surface area (Å²) in [5.74, 6) is -2.04. The number of hydrogen-bond donors (Lipinski definition) is 8. The number of ketones is 2. The van der Waals surface area contributed by atoms with Crippen molar-refractivity contribution < 1.29 is 47.9 Å². The van der Waals surface area contributed by atoms with E-state index in [2.05, 4.69) is 157 Å². The molecular weight excluding hydrogens is 1850 g/mol. The summed E-state index contributed by atoms with van der Waals surface area (Å²) in [6.45, 7) is 24.9. The molecule has 0 aromatic rings. The van der Waals surface area contributed by atoms with E-state index in [0.717, 1.165) is 218 Å². The highest BCUT2D eigenvalue weighted by Gasteiger charge is 2.34. The molecule has 0 aromatic carbocycles. The van der Waals surface area contributed by atoms with Crippen LogP contribution in [-0.2, 0) is 47.9 Å². The number of allylic oxidation sites excluding steroid dienone is 12. The van der Waals surface area contributed by atoms with Gasteiger partial charge in [0.2, 0.25) is 47.3 Å². The van der Waals surface area contributed by atoms with Crippen LogP contribution in [-0.4, -0.2) is 109 Å². The molecule has 0 aliphatic heterocycles. The van der Waals surface area contributed by atoms with Gasteiger partial charge in [0, 0.05) is 75.5 Å². The maximum absolute atomic E-state index is 14.3. The molecule has 0 spiro atoms. The van der Waals surface area contributed by atoms with Crippen molar-refractivity contribution in [3.8, 4) is 0 Å². The van der Waals surface area contributed by atoms with E-state index in [1.807, 2.05) is 41.5 Å². The van der Waals surface area contributed by atoms with Gasteiger partial charge in [0.15, 0.2) is 11.6 Å². The number of carbonyl (C=O) groups is 10. The molecule has 4 unspecified atom stereocenters. The van der Waals surface area contributed by atoms with Gasteiger partial charge in [-0.25, -0.2) is 0 Å². The van der Waals surface area contributed by atoms with Crippen LogP contribution in [0.15, 0.2) is 72.9 Å². The minimum absolute atomic E-state index is 0.0185. The monoisotopic (exact) mass is 2090 g/mol. The van der Waals surface area contributed by atoms with Gasteiger partial charge in [-0.15, -0.1) is 0 Å². The molecular formula is C131H242N8O10. The third-order valence-electron chi connectivity index (χ3n) is 28.8. The predicted octanol–water partition coefficient (Wildman–Crippen LogP) is 35.0. The largest absolute Gasteiger partial charge is 0.354 e. The smallest absolute Gasteiger partial charge is 0.244 e. The van der Waals surface area contributed by atoms with Crippen LogP contribution in [0.3, 0.4) is 0 Å². The van der Waals surface area contributed by atoms with Gasteiger partial charge in [0.1, 0.15) is 18.1 Å². The second-order valence-corrected chi connectivity index (χ2v) is 45.9. The number of hydrogen-bond acceptors (Lipinski definition) is 10. The summed E-state index contributed by atoms with van der Waals surface area (Å²) < 4.78 is 0. The van der Waals surface area contributed by atoms with Crippen molar-refractivity contribution in [2.45, 2.75) is 666 Å². The van der Waals surface area contributed by atoms with E-state index in [-0.39, 0.29) is 91.9 Å². The second kappa shape index (κ2) is 111. The van der Waals surface area contributed by atoms with Crippen LogP contribution in [0.2, 0.25) is 0 Å². The molecule has 0 fully saturated rings. The molecule has 0 saturated carbocycles. The van der Waals surface area contributed by atoms with E-state index in [4.69, 9.17) is 0 Å². The van der Waals surface area contributed by atoms with Crippen molar-refractivity contribution >= 4 is 58.8 Å². The van der Waals surface area contributed by atoms with Gasteiger partial charge in [-0.2, -0.15) is 0 Å². The second-order valence-electron chi connectivity index (χ2n) is 45.9. The number of amides is 8. The van der Waals surface area contributed by atoms with Gasteiger partial charge in [-0.1, -0.05) is 464 Å². The summed E-state index contributed by atoms with van der Waals surface area (Å²) in [5.41, 5.74) is -1.38. The Balaban J connectivity index is 0. The number of rotatable bonds is 109. The fraction of sp³-hybridized carbons (Fsp3) is 0.832. The zero-order valence-electron chi connectivity index (χ0n) is 99.7. The zero-order chi connectivity index (χ0) is 110. The molecule has 0 aromatic heterocycles. The minimum Gasteiger partial charge on any atom is -0.354 e. The fourth-order valence-corrected chi connectivity index (χ4v) is 18.9. The van der Waals surface area contributed by atoms with E-state index in [1.165, 1.54) is 276 Å². The Kier molecular flexibility index (Phi) is 108. The highest BCUT2D eigenvalue weighted by Crippen LogP contribution is 2.24. The Hall–Kier alpha value is -6.46. The molecule has 0 aliphatic rings. The first-order valence-electron chi connectivity index (χ1n) is 63.7. The Bertz CT molecular complexity index is 3310. The molecule has 4 atom stereocenters. The molecule has 866 valence electrons. The lowest BCUT2D eigenvalue weighted by molar-refractivity contribution is -0.134. The summed E-state index contributed by atoms with van der Waals surface area (Å²) in [4.78, 5) is 134. The van der Waals surface area contributed by atoms with E-state index in [0.29, 0.717) is 51.4 Å². The van der Waals surface area contributed by atoms with Crippen LogP contribution in [0.1, 0.15) is 642 Å². The van der Waals surface area contributed by atoms with Crippen molar-refractivity contribution in [3.05, 3.63) is 72.9 Å². The fourth-order valence-electron chi connectivity index (χ4n) is 18.9. The number of carbonyl (C=O) groups excluding carboxylic acids is 10. The Morgan fingerprint density at radius 2 is 0.349 bits per heavy atom. The highest BCUT2D eigenvalue weighted by atomic mass is 16.2. The van der Waals surface area contributed by atoms with Crippen molar-refractivity contribution in [2.75, 3.05) is 26.2 Å². The van der Waals surface area contributed by atoms with Gasteiger partial charge in [0.25, 0.3) is 0 Å². The topological polar surface area (TPSA) is 267 Å². The normalized spacial score (nSPS) is 12.7. The maximum Gasteiger partial charge on any atom is 0.244 e. The molecule has 0 aliphatic carbocycles. The molecule has 0 heterocycles.